The SMILES string of the molecule is Cc1ncsc1-c1ccc([C@H](C)NC(=O)[C@@H]2C[C@@H](O)CN2C(=O)C(c2cc(OCCN3[C@H](C)CC(OC4CC(Oc5cc(N6C7CC[C@@H]6CN(c6cc(-c8ccccc8O)nnc6N)C7)ccn5)C4)C[C@@H]3C)no2)C(C)C)cc1. The fourth-order valence-corrected chi connectivity index (χ4v) is 13.6. The first-order valence-electron chi connectivity index (χ1n) is 28.0. The topological polar surface area (TPSA) is 231 Å². The number of β-amino-alcohol motifs (C(OH)–C–C–N with tert-alkyl or cyclic N) is 1. The second-order valence-electron chi connectivity index (χ2n) is 22.7. The summed E-state index contributed by atoms with van der Waals surface area (Å²) in [5.74, 6) is 0.306. The Hall–Kier alpha value is -6.87. The molecule has 1 aliphatic carbocycles. The molecule has 20 heteroatoms. The van der Waals surface area contributed by atoms with E-state index in [1.807, 2.05) is 81.9 Å². The number of thiazole rings is 1. The van der Waals surface area contributed by atoms with Crippen LogP contribution in [0.15, 0.2) is 89.0 Å². The van der Waals surface area contributed by atoms with Gasteiger partial charge in [-0.25, -0.2) is 9.97 Å². The standard InChI is InChI=1S/C59H73N11O8S/c1-33(2)55(59(74)69-31-43(71)24-50(69)58(73)63-36(5)38-11-13-39(14-12-38)56-37(6)62-32-79-56)52-28-54(66-78-52)75-20-19-68-34(3)21-44(22-35(68)4)76-45-25-46(26-45)77-53-23-40(17-18-61-53)70-41-15-16-42(70)30-67(29-41)49-27-48(64-65-57(49)60)47-9-7-8-10-51(47)72/h7-14,17-18,23,27-28,32-36,41-46,50,55,71-72H,15-16,19-22,24-26,29-31H2,1-6H3,(H2,60,65)(H,63,73)/t34-,35+,36-,41+,42?,43+,44?,45?,46?,50-,55?/m0/s1. The summed E-state index contributed by atoms with van der Waals surface area (Å²) in [6.07, 6.45) is 7.06. The van der Waals surface area contributed by atoms with E-state index in [1.54, 1.807) is 29.5 Å². The lowest BCUT2D eigenvalue weighted by Gasteiger charge is -2.45. The van der Waals surface area contributed by atoms with Crippen molar-refractivity contribution in [2.24, 2.45) is 5.92 Å². The fourth-order valence-electron chi connectivity index (χ4n) is 12.8. The zero-order valence-electron chi connectivity index (χ0n) is 45.9. The van der Waals surface area contributed by atoms with Gasteiger partial charge >= 0.3 is 0 Å². The van der Waals surface area contributed by atoms with Gasteiger partial charge in [0, 0.05) is 99.2 Å². The lowest BCUT2D eigenvalue weighted by molar-refractivity contribution is -0.141. The molecule has 4 aliphatic heterocycles. The minimum atomic E-state index is -0.835. The summed E-state index contributed by atoms with van der Waals surface area (Å²) in [5, 5.41) is 37.1. The molecule has 11 rings (SSSR count). The van der Waals surface area contributed by atoms with E-state index < -0.39 is 18.1 Å². The number of piperazine rings is 1. The molecule has 0 spiro atoms. The highest BCUT2D eigenvalue weighted by Gasteiger charge is 2.45. The number of likely N-dealkylation sites (tertiary alicyclic amines) is 2. The predicted octanol–water partition coefficient (Wildman–Crippen LogP) is 7.93. The number of anilines is 3. The molecule has 2 bridgehead atoms. The van der Waals surface area contributed by atoms with Crippen LogP contribution in [0.3, 0.4) is 0 Å². The highest BCUT2D eigenvalue weighted by molar-refractivity contribution is 7.13. The van der Waals surface area contributed by atoms with Crippen LogP contribution in [-0.4, -0.2) is 145 Å². The quantitative estimate of drug-likeness (QED) is 0.0640. The van der Waals surface area contributed by atoms with Gasteiger partial charge in [-0.05, 0) is 99.8 Å². The Balaban J connectivity index is 0.620. The number of aliphatic hydroxyl groups excluding tert-OH is 1. The summed E-state index contributed by atoms with van der Waals surface area (Å²) in [4.78, 5) is 47.0. The molecule has 5 N–H and O–H groups in total. The van der Waals surface area contributed by atoms with Crippen LogP contribution < -0.4 is 30.3 Å². The van der Waals surface area contributed by atoms with Crippen molar-refractivity contribution in [3.05, 3.63) is 102 Å². The number of carbonyl (C=O) groups excluding carboxylic acids is 2. The molecular weight excluding hydrogens is 1020 g/mol. The minimum Gasteiger partial charge on any atom is -0.507 e. The number of amides is 2. The van der Waals surface area contributed by atoms with E-state index in [1.165, 1.54) is 4.90 Å². The molecule has 5 aliphatic rings. The summed E-state index contributed by atoms with van der Waals surface area (Å²) in [6.45, 7) is 14.9. The van der Waals surface area contributed by atoms with Gasteiger partial charge in [-0.3, -0.25) is 14.5 Å². The van der Waals surface area contributed by atoms with Crippen LogP contribution in [0.25, 0.3) is 21.7 Å². The zero-order valence-corrected chi connectivity index (χ0v) is 46.7. The third-order valence-electron chi connectivity index (χ3n) is 16.9. The number of nitrogens with two attached hydrogens (primary N) is 1. The first-order valence-corrected chi connectivity index (χ1v) is 28.9. The van der Waals surface area contributed by atoms with Gasteiger partial charge in [-0.15, -0.1) is 21.5 Å². The second kappa shape index (κ2) is 23.1. The highest BCUT2D eigenvalue weighted by Crippen LogP contribution is 2.41. The second-order valence-corrected chi connectivity index (χ2v) is 23.6. The largest absolute Gasteiger partial charge is 0.507 e. The number of rotatable bonds is 18. The number of phenols is 1. The van der Waals surface area contributed by atoms with E-state index in [2.05, 4.69) is 71.3 Å². The number of para-hydroxylation sites is 1. The Morgan fingerprint density at radius 2 is 1.61 bits per heavy atom. The van der Waals surface area contributed by atoms with Crippen molar-refractivity contribution >= 4 is 40.3 Å². The van der Waals surface area contributed by atoms with Gasteiger partial charge in [-0.1, -0.05) is 50.2 Å². The number of carbonyl (C=O) groups is 2. The van der Waals surface area contributed by atoms with Crippen LogP contribution in [0.4, 0.5) is 17.2 Å². The Labute approximate surface area is 465 Å². The summed E-state index contributed by atoms with van der Waals surface area (Å²) in [5.41, 5.74) is 14.4. The summed E-state index contributed by atoms with van der Waals surface area (Å²) < 4.78 is 25.1. The number of aromatic hydroxyl groups is 1. The molecule has 1 saturated carbocycles. The fraction of sp³-hybridized carbons (Fsp3) is 0.508. The minimum absolute atomic E-state index is 0.0418. The van der Waals surface area contributed by atoms with Crippen LogP contribution >= 0.6 is 11.3 Å². The average molecular weight is 1100 g/mol. The van der Waals surface area contributed by atoms with Crippen molar-refractivity contribution in [3.63, 3.8) is 0 Å². The average Bonchev–Trinajstić information content (AvgIpc) is 4.27. The smallest absolute Gasteiger partial charge is 0.254 e. The maximum Gasteiger partial charge on any atom is 0.254 e. The lowest BCUT2D eigenvalue weighted by Crippen LogP contribution is -2.54. The molecule has 6 aromatic rings. The third-order valence-corrected chi connectivity index (χ3v) is 17.8. The molecule has 19 nitrogen and oxygen atoms in total. The number of nitrogens with one attached hydrogen (secondary N) is 1. The van der Waals surface area contributed by atoms with Crippen molar-refractivity contribution in [2.45, 2.75) is 153 Å². The molecule has 79 heavy (non-hydrogen) atoms. The maximum atomic E-state index is 14.3. The van der Waals surface area contributed by atoms with Crippen LogP contribution in [0.5, 0.6) is 17.5 Å². The Bertz CT molecular complexity index is 3070. The lowest BCUT2D eigenvalue weighted by atomic mass is 9.90. The Morgan fingerprint density at radius 3 is 2.32 bits per heavy atom. The number of ether oxygens (including phenoxy) is 3. The molecule has 4 aromatic heterocycles. The molecule has 5 fully saturated rings. The van der Waals surface area contributed by atoms with Crippen molar-refractivity contribution in [1.29, 1.82) is 0 Å². The van der Waals surface area contributed by atoms with Crippen molar-refractivity contribution in [3.8, 4) is 39.2 Å². The number of nitrogen functional groups attached to an aromatic ring is 1. The van der Waals surface area contributed by atoms with Gasteiger partial charge in [-0.2, -0.15) is 0 Å². The normalized spacial score (nSPS) is 25.8. The molecular formula is C59H73N11O8S. The van der Waals surface area contributed by atoms with E-state index in [-0.39, 0.29) is 85.0 Å². The first kappa shape index (κ1) is 54.1. The molecule has 9 atom stereocenters. The molecule has 8 heterocycles. The zero-order chi connectivity index (χ0) is 55.1. The molecule has 2 aromatic carbocycles. The van der Waals surface area contributed by atoms with E-state index >= 15 is 0 Å². The van der Waals surface area contributed by atoms with E-state index in [0.717, 1.165) is 84.7 Å². The molecule has 3 unspecified atom stereocenters. The van der Waals surface area contributed by atoms with Gasteiger partial charge in [0.1, 0.15) is 30.4 Å². The predicted molar refractivity (Wildman–Crippen MR) is 301 cm³/mol. The van der Waals surface area contributed by atoms with Crippen molar-refractivity contribution < 1.29 is 38.5 Å². The van der Waals surface area contributed by atoms with Gasteiger partial charge in [0.2, 0.25) is 17.7 Å². The number of piperidine rings is 1. The van der Waals surface area contributed by atoms with Crippen LogP contribution in [0.2, 0.25) is 0 Å². The Morgan fingerprint density at radius 1 is 0.873 bits per heavy atom. The van der Waals surface area contributed by atoms with E-state index in [0.29, 0.717) is 47.7 Å². The summed E-state index contributed by atoms with van der Waals surface area (Å²) in [7, 11) is 0. The number of aromatic nitrogens is 5. The highest BCUT2D eigenvalue weighted by atomic mass is 32.1. The number of hydrogen-bond donors (Lipinski definition) is 4. The monoisotopic (exact) mass is 1100 g/mol. The number of pyridine rings is 1. The number of benzene rings is 2. The molecule has 0 radical (unpaired) electrons. The van der Waals surface area contributed by atoms with Crippen molar-refractivity contribution in [2.75, 3.05) is 48.3 Å². The number of aliphatic hydroxyl groups is 1. The number of nitrogens with zero attached hydrogens (tertiary/aromatic N) is 9. The Kier molecular flexibility index (Phi) is 15.8. The van der Waals surface area contributed by atoms with Gasteiger partial charge in [0.25, 0.3) is 5.88 Å². The number of hydrogen-bond acceptors (Lipinski definition) is 18. The first-order chi connectivity index (χ1) is 38.1. The number of aryl methyl sites for hydroxylation is 1. The summed E-state index contributed by atoms with van der Waals surface area (Å²) in [6, 6.07) is 22.9. The van der Waals surface area contributed by atoms with Crippen molar-refractivity contribution in [1.82, 2.24) is 40.4 Å². The summed E-state index contributed by atoms with van der Waals surface area (Å²) >= 11 is 1.59. The maximum absolute atomic E-state index is 14.3. The third kappa shape index (κ3) is 11.6. The van der Waals surface area contributed by atoms with E-state index in [9.17, 15) is 19.8 Å². The molecule has 418 valence electrons. The van der Waals surface area contributed by atoms with Gasteiger partial charge in [0.15, 0.2) is 11.6 Å². The molecule has 4 saturated heterocycles. The van der Waals surface area contributed by atoms with Crippen LogP contribution in [-0.2, 0) is 14.3 Å². The van der Waals surface area contributed by atoms with E-state index in [4.69, 9.17) is 24.5 Å². The number of phenolic OH excluding ortho intramolecular Hbond substituents is 1. The van der Waals surface area contributed by atoms with Crippen LogP contribution in [0, 0.1) is 12.8 Å². The van der Waals surface area contributed by atoms with Gasteiger partial charge in [0.05, 0.1) is 51.8 Å². The van der Waals surface area contributed by atoms with Crippen LogP contribution in [0.1, 0.15) is 109 Å². The van der Waals surface area contributed by atoms with Gasteiger partial charge < -0.3 is 54.7 Å². The molecule has 2 amide bonds. The number of fused-ring (bicyclic) bond motifs is 2.